The number of hydrogen-bond donors (Lipinski definition) is 4. The zero-order valence-corrected chi connectivity index (χ0v) is 25.3. The Morgan fingerprint density at radius 1 is 1.19 bits per heavy atom. The van der Waals surface area contributed by atoms with Gasteiger partial charge in [-0.2, -0.15) is 17.5 Å². The summed E-state index contributed by atoms with van der Waals surface area (Å²) in [5.41, 5.74) is 5.61. The van der Waals surface area contributed by atoms with Gasteiger partial charge in [-0.25, -0.2) is 8.42 Å². The molecule has 0 bridgehead atoms. The van der Waals surface area contributed by atoms with E-state index in [0.717, 1.165) is 24.6 Å². The van der Waals surface area contributed by atoms with Crippen LogP contribution in [0.2, 0.25) is 0 Å². The first-order valence-electron chi connectivity index (χ1n) is 13.9. The van der Waals surface area contributed by atoms with E-state index in [-0.39, 0.29) is 43.0 Å². The Morgan fingerprint density at radius 3 is 2.62 bits per heavy atom. The monoisotopic (exact) mass is 621 g/mol. The van der Waals surface area contributed by atoms with E-state index in [1.807, 2.05) is 19.1 Å². The summed E-state index contributed by atoms with van der Waals surface area (Å²) in [6, 6.07) is 10.4. The second kappa shape index (κ2) is 15.6. The zero-order chi connectivity index (χ0) is 30.7. The second-order valence-electron chi connectivity index (χ2n) is 10.3. The number of hydrogen-bond acceptors (Lipinski definition) is 8. The summed E-state index contributed by atoms with van der Waals surface area (Å²) in [6.45, 7) is 3.41. The van der Waals surface area contributed by atoms with Crippen molar-refractivity contribution in [2.24, 2.45) is 16.0 Å². The minimum Gasteiger partial charge on any atom is -0.370 e. The average Bonchev–Trinajstić information content (AvgIpc) is 2.96. The summed E-state index contributed by atoms with van der Waals surface area (Å²) in [5, 5.41) is 12.0. The molecule has 0 aliphatic carbocycles. The number of amides is 2. The van der Waals surface area contributed by atoms with Crippen molar-refractivity contribution < 1.29 is 26.4 Å². The molecule has 0 saturated carbocycles. The lowest BCUT2D eigenvalue weighted by Crippen LogP contribution is -2.51. The van der Waals surface area contributed by atoms with E-state index >= 15 is 0 Å². The smallest absolute Gasteiger partial charge is 0.311 e. The lowest BCUT2D eigenvalue weighted by atomic mass is 9.98. The molecule has 1 fully saturated rings. The Labute approximate surface area is 248 Å². The van der Waals surface area contributed by atoms with Gasteiger partial charge in [0.2, 0.25) is 21.8 Å². The van der Waals surface area contributed by atoms with E-state index in [4.69, 9.17) is 11.1 Å². The fourth-order valence-corrected chi connectivity index (χ4v) is 6.33. The number of rotatable bonds is 14. The molecule has 5 N–H and O–H groups in total. The molecular weight excluding hydrogens is 582 g/mol. The number of likely N-dealkylation sites (tertiary alicyclic amines) is 1. The highest BCUT2D eigenvalue weighted by Gasteiger charge is 2.32. The van der Waals surface area contributed by atoms with Gasteiger partial charge in [-0.3, -0.25) is 15.0 Å². The lowest BCUT2D eigenvalue weighted by molar-refractivity contribution is -0.135. The molecule has 0 aromatic heterocycles. The summed E-state index contributed by atoms with van der Waals surface area (Å²) in [7, 11) is -6.87. The number of benzene rings is 2. The van der Waals surface area contributed by atoms with E-state index in [9.17, 15) is 26.4 Å². The molecule has 42 heavy (non-hydrogen) atoms. The van der Waals surface area contributed by atoms with Crippen molar-refractivity contribution in [3.63, 3.8) is 0 Å². The number of guanidine groups is 1. The Morgan fingerprint density at radius 2 is 1.93 bits per heavy atom. The van der Waals surface area contributed by atoms with Crippen LogP contribution < -0.4 is 15.8 Å². The minimum absolute atomic E-state index is 0.0282. The summed E-state index contributed by atoms with van der Waals surface area (Å²) in [6.07, 6.45) is 2.52. The molecule has 1 aliphatic rings. The fourth-order valence-electron chi connectivity index (χ4n) is 4.87. The molecule has 3 rings (SSSR count). The van der Waals surface area contributed by atoms with Crippen LogP contribution in [0, 0.1) is 11.3 Å². The van der Waals surface area contributed by atoms with Gasteiger partial charge in [0.05, 0.1) is 17.9 Å². The van der Waals surface area contributed by atoms with Gasteiger partial charge in [0, 0.05) is 32.7 Å². The molecule has 15 heteroatoms. The van der Waals surface area contributed by atoms with Crippen molar-refractivity contribution in [3.8, 4) is 0 Å². The number of nitrogens with zero attached hydrogens (tertiary/aromatic N) is 3. The van der Waals surface area contributed by atoms with E-state index in [1.54, 1.807) is 23.1 Å². The van der Waals surface area contributed by atoms with E-state index in [0.29, 0.717) is 24.9 Å². The number of nitrogens with two attached hydrogens (primary N) is 1. The normalized spacial score (nSPS) is 16.0. The highest BCUT2D eigenvalue weighted by Crippen LogP contribution is 2.20. The van der Waals surface area contributed by atoms with Crippen LogP contribution in [-0.4, -0.2) is 89.7 Å². The minimum atomic E-state index is -4.23. The third kappa shape index (κ3) is 9.77. The van der Waals surface area contributed by atoms with E-state index in [1.165, 1.54) is 17.0 Å². The first-order valence-corrected chi connectivity index (χ1v) is 16.4. The van der Waals surface area contributed by atoms with Gasteiger partial charge in [-0.1, -0.05) is 43.7 Å². The summed E-state index contributed by atoms with van der Waals surface area (Å²) >= 11 is 0. The number of piperidine rings is 1. The second-order valence-corrected chi connectivity index (χ2v) is 12.7. The van der Waals surface area contributed by atoms with E-state index in [2.05, 4.69) is 14.4 Å². The first-order chi connectivity index (χ1) is 20.0. The molecule has 2 aromatic rings. The molecule has 2 atom stereocenters. The molecule has 1 heterocycles. The van der Waals surface area contributed by atoms with Gasteiger partial charge < -0.3 is 20.9 Å². The first kappa shape index (κ1) is 32.9. The molecule has 230 valence electrons. The highest BCUT2D eigenvalue weighted by atomic mass is 32.2. The third-order valence-corrected chi connectivity index (χ3v) is 8.99. The number of unbranched alkanes of at least 4 members (excludes halogenated alkanes) is 1. The van der Waals surface area contributed by atoms with Crippen LogP contribution in [0.15, 0.2) is 51.7 Å². The van der Waals surface area contributed by atoms with Crippen molar-refractivity contribution in [1.82, 2.24) is 19.8 Å². The molecule has 1 aliphatic heterocycles. The lowest BCUT2D eigenvalue weighted by Gasteiger charge is -2.33. The molecule has 1 saturated heterocycles. The number of nitrogens with one attached hydrogen (secondary N) is 3. The quantitative estimate of drug-likeness (QED) is 0.179. The van der Waals surface area contributed by atoms with Gasteiger partial charge in [-0.05, 0) is 48.1 Å². The highest BCUT2D eigenvalue weighted by molar-refractivity contribution is 7.89. The van der Waals surface area contributed by atoms with Crippen LogP contribution in [0.25, 0.3) is 10.8 Å². The maximum Gasteiger partial charge on any atom is 0.311 e. The van der Waals surface area contributed by atoms with Crippen molar-refractivity contribution >= 4 is 49.1 Å². The summed E-state index contributed by atoms with van der Waals surface area (Å²) in [5.74, 6) is -1.14. The van der Waals surface area contributed by atoms with Crippen LogP contribution in [-0.2, 0) is 30.1 Å². The third-order valence-electron chi connectivity index (χ3n) is 7.12. The van der Waals surface area contributed by atoms with Crippen molar-refractivity contribution in [1.29, 1.82) is 5.41 Å². The summed E-state index contributed by atoms with van der Waals surface area (Å²) in [4.78, 5) is 29.8. The van der Waals surface area contributed by atoms with Crippen molar-refractivity contribution in [3.05, 3.63) is 42.5 Å². The molecular formula is C27H39N7O6S2. The average molecular weight is 622 g/mol. The largest absolute Gasteiger partial charge is 0.370 e. The van der Waals surface area contributed by atoms with Gasteiger partial charge in [-0.15, -0.1) is 0 Å². The van der Waals surface area contributed by atoms with Crippen LogP contribution in [0.3, 0.4) is 0 Å². The van der Waals surface area contributed by atoms with Crippen molar-refractivity contribution in [2.75, 3.05) is 39.3 Å². The SMILES string of the molecule is CCCCN(CCN=S(=O)=O)C(=O)[C@H](CC(=O)NC[C@@H]1CCCN(C(=N)N)C1)NS(=O)(=O)c1ccc2ccccc2c1. The maximum atomic E-state index is 13.7. The molecule has 2 amide bonds. The number of sulfonamides is 1. The Balaban J connectivity index is 1.81. The number of fused-ring (bicyclic) bond motifs is 1. The topological polar surface area (TPSA) is 195 Å². The molecule has 0 radical (unpaired) electrons. The van der Waals surface area contributed by atoms with Gasteiger partial charge in [0.25, 0.3) is 0 Å². The van der Waals surface area contributed by atoms with Gasteiger partial charge >= 0.3 is 10.5 Å². The predicted octanol–water partition coefficient (Wildman–Crippen LogP) is 1.29. The Hall–Kier alpha value is -3.56. The zero-order valence-electron chi connectivity index (χ0n) is 23.7. The van der Waals surface area contributed by atoms with Crippen LogP contribution in [0.4, 0.5) is 0 Å². The molecule has 0 unspecified atom stereocenters. The molecule has 0 spiro atoms. The Kier molecular flexibility index (Phi) is 12.2. The van der Waals surface area contributed by atoms with E-state index < -0.39 is 44.8 Å². The number of carbonyl (C=O) groups excluding carboxylic acids is 2. The van der Waals surface area contributed by atoms with Crippen LogP contribution in [0.1, 0.15) is 39.0 Å². The standard InChI is InChI=1S/C27H39N7O6S2/c1-2-3-13-33(15-12-31-41(37)38)26(36)24(17-25(35)30-18-20-7-6-14-34(19-20)27(28)29)32-42(39,40)23-11-10-21-8-4-5-9-22(21)16-23/h4-5,8-11,16,20,24,32H,2-3,6-7,12-15,17-19H2,1H3,(H3,28,29)(H,30,35)/t20-,24-/m0/s1. The van der Waals surface area contributed by atoms with Crippen molar-refractivity contribution in [2.45, 2.75) is 50.0 Å². The van der Waals surface area contributed by atoms with Crippen LogP contribution >= 0.6 is 0 Å². The number of carbonyl (C=O) groups is 2. The van der Waals surface area contributed by atoms with Gasteiger partial charge in [0.1, 0.15) is 6.04 Å². The van der Waals surface area contributed by atoms with Crippen LogP contribution in [0.5, 0.6) is 0 Å². The maximum absolute atomic E-state index is 13.7. The van der Waals surface area contributed by atoms with Gasteiger partial charge in [0.15, 0.2) is 5.96 Å². The fraction of sp³-hybridized carbons (Fsp3) is 0.519. The summed E-state index contributed by atoms with van der Waals surface area (Å²) < 4.78 is 54.6. The molecule has 13 nitrogen and oxygen atoms in total. The predicted molar refractivity (Wildman–Crippen MR) is 160 cm³/mol. The molecule has 2 aromatic carbocycles. The Bertz CT molecular complexity index is 1510.